The van der Waals surface area contributed by atoms with E-state index >= 15 is 0 Å². The minimum atomic E-state index is -0.651. The summed E-state index contributed by atoms with van der Waals surface area (Å²) in [6.45, 7) is 1.72. The summed E-state index contributed by atoms with van der Waals surface area (Å²) < 4.78 is 11.0. The van der Waals surface area contributed by atoms with Gasteiger partial charge in [-0.1, -0.05) is 15.9 Å². The number of rotatable bonds is 3. The van der Waals surface area contributed by atoms with Crippen LogP contribution in [0, 0.1) is 0 Å². The van der Waals surface area contributed by atoms with Crippen molar-refractivity contribution in [2.45, 2.75) is 6.92 Å². The third-order valence-electron chi connectivity index (χ3n) is 3.69. The first-order chi connectivity index (χ1) is 11.5. The molecule has 0 fully saturated rings. The first-order valence-corrected chi connectivity index (χ1v) is 7.97. The molecular weight excluding hydrogens is 374 g/mol. The maximum absolute atomic E-state index is 12.8. The molecule has 6 heteroatoms. The van der Waals surface area contributed by atoms with Crippen LogP contribution in [0.1, 0.15) is 12.7 Å². The van der Waals surface area contributed by atoms with E-state index in [9.17, 15) is 9.59 Å². The van der Waals surface area contributed by atoms with Gasteiger partial charge in [-0.25, -0.2) is 4.79 Å². The number of anilines is 1. The molecule has 0 atom stereocenters. The van der Waals surface area contributed by atoms with E-state index in [1.165, 1.54) is 13.4 Å². The fourth-order valence-corrected chi connectivity index (χ4v) is 2.85. The second kappa shape index (κ2) is 6.49. The highest BCUT2D eigenvalue weighted by Gasteiger charge is 2.38. The summed E-state index contributed by atoms with van der Waals surface area (Å²) >= 11 is 3.39. The Bertz CT molecular complexity index is 848. The predicted molar refractivity (Wildman–Crippen MR) is 93.0 cm³/mol. The van der Waals surface area contributed by atoms with E-state index in [0.717, 1.165) is 10.2 Å². The molecular formula is C18H14BrNO4. The molecule has 1 aliphatic rings. The molecule has 0 spiro atoms. The Hall–Kier alpha value is -2.60. The maximum Gasteiger partial charge on any atom is 0.343 e. The SMILES string of the molecule is COC(=O)C1=C(C)N(c2ccc(Br)cc2)/C(=C/c2ccco2)C1=O. The van der Waals surface area contributed by atoms with Gasteiger partial charge in [0, 0.05) is 21.9 Å². The minimum absolute atomic E-state index is 0.0261. The number of nitrogens with zero attached hydrogens (tertiary/aromatic N) is 1. The zero-order chi connectivity index (χ0) is 17.3. The second-order valence-corrected chi connectivity index (χ2v) is 6.05. The zero-order valence-electron chi connectivity index (χ0n) is 13.1. The van der Waals surface area contributed by atoms with Crippen LogP contribution >= 0.6 is 15.9 Å². The monoisotopic (exact) mass is 387 g/mol. The molecule has 122 valence electrons. The molecule has 2 heterocycles. The van der Waals surface area contributed by atoms with E-state index < -0.39 is 11.8 Å². The van der Waals surface area contributed by atoms with Gasteiger partial charge in [0.25, 0.3) is 0 Å². The zero-order valence-corrected chi connectivity index (χ0v) is 14.7. The molecule has 24 heavy (non-hydrogen) atoms. The molecule has 0 saturated heterocycles. The van der Waals surface area contributed by atoms with Crippen LogP contribution in [-0.2, 0) is 14.3 Å². The van der Waals surface area contributed by atoms with Crippen LogP contribution in [0.15, 0.2) is 68.5 Å². The minimum Gasteiger partial charge on any atom is -0.465 e. The molecule has 0 N–H and O–H groups in total. The molecule has 0 radical (unpaired) electrons. The van der Waals surface area contributed by atoms with Gasteiger partial charge in [0.2, 0.25) is 5.78 Å². The van der Waals surface area contributed by atoms with E-state index in [1.807, 2.05) is 24.3 Å². The standard InChI is InChI=1S/C18H14BrNO4/c1-11-16(18(22)23-2)17(21)15(10-14-4-3-9-24-14)20(11)13-7-5-12(19)6-8-13/h3-10H,1-2H3/b15-10+. The summed E-state index contributed by atoms with van der Waals surface area (Å²) in [6, 6.07) is 10.9. The Morgan fingerprint density at radius 1 is 1.25 bits per heavy atom. The van der Waals surface area contributed by atoms with Crippen LogP contribution in [0.25, 0.3) is 6.08 Å². The molecule has 1 aromatic carbocycles. The van der Waals surface area contributed by atoms with Gasteiger partial charge < -0.3 is 14.1 Å². The van der Waals surface area contributed by atoms with E-state index in [-0.39, 0.29) is 5.57 Å². The van der Waals surface area contributed by atoms with Gasteiger partial charge >= 0.3 is 5.97 Å². The molecule has 0 aliphatic carbocycles. The molecule has 2 aromatic rings. The molecule has 1 aliphatic heterocycles. The highest BCUT2D eigenvalue weighted by atomic mass is 79.9. The largest absolute Gasteiger partial charge is 0.465 e. The number of halogens is 1. The molecule has 0 unspecified atom stereocenters. The van der Waals surface area contributed by atoms with Gasteiger partial charge in [0.05, 0.1) is 19.1 Å². The maximum atomic E-state index is 12.8. The Balaban J connectivity index is 2.15. The Labute approximate surface area is 147 Å². The van der Waals surface area contributed by atoms with Crippen molar-refractivity contribution < 1.29 is 18.7 Å². The Morgan fingerprint density at radius 3 is 2.54 bits per heavy atom. The summed E-state index contributed by atoms with van der Waals surface area (Å²) in [5, 5.41) is 0. The molecule has 0 bridgehead atoms. The molecule has 5 nitrogen and oxygen atoms in total. The molecule has 1 aromatic heterocycles. The number of furan rings is 1. The van der Waals surface area contributed by atoms with Crippen LogP contribution in [0.4, 0.5) is 5.69 Å². The van der Waals surface area contributed by atoms with Crippen LogP contribution in [0.3, 0.4) is 0 Å². The number of methoxy groups -OCH3 is 1. The highest BCUT2D eigenvalue weighted by Crippen LogP contribution is 2.36. The average molecular weight is 388 g/mol. The van der Waals surface area contributed by atoms with Gasteiger partial charge in [-0.05, 0) is 43.3 Å². The fraction of sp³-hybridized carbons (Fsp3) is 0.111. The van der Waals surface area contributed by atoms with Crippen LogP contribution in [0.2, 0.25) is 0 Å². The van der Waals surface area contributed by atoms with E-state index in [2.05, 4.69) is 15.9 Å². The normalized spacial score (nSPS) is 16.2. The van der Waals surface area contributed by atoms with Crippen molar-refractivity contribution >= 4 is 39.4 Å². The summed E-state index contributed by atoms with van der Waals surface area (Å²) in [5.74, 6) is -0.513. The summed E-state index contributed by atoms with van der Waals surface area (Å²) in [6.07, 6.45) is 3.14. The van der Waals surface area contributed by atoms with Crippen molar-refractivity contribution in [1.82, 2.24) is 0 Å². The van der Waals surface area contributed by atoms with Crippen molar-refractivity contribution in [2.24, 2.45) is 0 Å². The number of benzene rings is 1. The van der Waals surface area contributed by atoms with Crippen molar-refractivity contribution in [2.75, 3.05) is 12.0 Å². The number of hydrogen-bond acceptors (Lipinski definition) is 5. The third kappa shape index (κ3) is 2.80. The van der Waals surface area contributed by atoms with Gasteiger partial charge in [0.15, 0.2) is 0 Å². The molecule has 3 rings (SSSR count). The van der Waals surface area contributed by atoms with Crippen molar-refractivity contribution in [3.8, 4) is 0 Å². The van der Waals surface area contributed by atoms with Crippen molar-refractivity contribution in [3.63, 3.8) is 0 Å². The topological polar surface area (TPSA) is 59.8 Å². The van der Waals surface area contributed by atoms with Gasteiger partial charge in [-0.3, -0.25) is 4.79 Å². The molecule has 0 amide bonds. The lowest BCUT2D eigenvalue weighted by molar-refractivity contribution is -0.137. The highest BCUT2D eigenvalue weighted by molar-refractivity contribution is 9.10. The predicted octanol–water partition coefficient (Wildman–Crippen LogP) is 3.92. The van der Waals surface area contributed by atoms with Gasteiger partial charge in [-0.15, -0.1) is 0 Å². The van der Waals surface area contributed by atoms with Crippen LogP contribution < -0.4 is 4.90 Å². The Kier molecular flexibility index (Phi) is 4.40. The first-order valence-electron chi connectivity index (χ1n) is 7.17. The fourth-order valence-electron chi connectivity index (χ4n) is 2.59. The number of Topliss-reactive ketones (excluding diaryl/α,β-unsaturated/α-hetero) is 1. The van der Waals surface area contributed by atoms with Crippen LogP contribution in [0.5, 0.6) is 0 Å². The van der Waals surface area contributed by atoms with Crippen LogP contribution in [-0.4, -0.2) is 18.9 Å². The van der Waals surface area contributed by atoms with Gasteiger partial charge in [-0.2, -0.15) is 0 Å². The lowest BCUT2D eigenvalue weighted by Gasteiger charge is -2.21. The average Bonchev–Trinajstić information content (AvgIpc) is 3.16. The van der Waals surface area contributed by atoms with E-state index in [0.29, 0.717) is 17.2 Å². The van der Waals surface area contributed by atoms with Crippen molar-refractivity contribution in [1.29, 1.82) is 0 Å². The number of hydrogen-bond donors (Lipinski definition) is 0. The summed E-state index contributed by atoms with van der Waals surface area (Å²) in [7, 11) is 1.26. The first kappa shape index (κ1) is 16.3. The Morgan fingerprint density at radius 2 is 1.96 bits per heavy atom. The lowest BCUT2D eigenvalue weighted by Crippen LogP contribution is -2.18. The second-order valence-electron chi connectivity index (χ2n) is 5.14. The number of carbonyl (C=O) groups is 2. The number of ether oxygens (including phenoxy) is 1. The van der Waals surface area contributed by atoms with Crippen molar-refractivity contribution in [3.05, 3.63) is 69.9 Å². The third-order valence-corrected chi connectivity index (χ3v) is 4.22. The lowest BCUT2D eigenvalue weighted by atomic mass is 10.1. The van der Waals surface area contributed by atoms with E-state index in [4.69, 9.17) is 9.15 Å². The smallest absolute Gasteiger partial charge is 0.343 e. The van der Waals surface area contributed by atoms with Gasteiger partial charge in [0.1, 0.15) is 11.3 Å². The summed E-state index contributed by atoms with van der Waals surface area (Å²) in [4.78, 5) is 26.5. The number of esters is 1. The summed E-state index contributed by atoms with van der Waals surface area (Å²) in [5.41, 5.74) is 1.65. The van der Waals surface area contributed by atoms with E-state index in [1.54, 1.807) is 30.0 Å². The molecule has 0 saturated carbocycles. The quantitative estimate of drug-likeness (QED) is 0.453. The number of allylic oxidation sites excluding steroid dienone is 2. The number of carbonyl (C=O) groups excluding carboxylic acids is 2. The number of ketones is 1.